The highest BCUT2D eigenvalue weighted by Crippen LogP contribution is 2.36. The highest BCUT2D eigenvalue weighted by Gasteiger charge is 2.33. The van der Waals surface area contributed by atoms with Crippen molar-refractivity contribution in [3.8, 4) is 6.07 Å². The Balaban J connectivity index is 2.72. The van der Waals surface area contributed by atoms with E-state index in [9.17, 15) is 4.79 Å². The van der Waals surface area contributed by atoms with Crippen LogP contribution in [0.15, 0.2) is 12.2 Å². The normalized spacial score (nSPS) is 32.4. The Hall–Kier alpha value is -1.10. The number of carbonyl (C=O) groups excluding carboxylic acids is 1. The maximum atomic E-state index is 11.6. The number of hydrogen-bond acceptors (Lipinski definition) is 2. The van der Waals surface area contributed by atoms with Gasteiger partial charge in [-0.2, -0.15) is 5.26 Å². The largest absolute Gasteiger partial charge is 0.299 e. The van der Waals surface area contributed by atoms with E-state index in [1.807, 2.05) is 13.8 Å². The van der Waals surface area contributed by atoms with Gasteiger partial charge in [-0.15, -0.1) is 0 Å². The Morgan fingerprint density at radius 1 is 1.71 bits per heavy atom. The molecule has 1 rings (SSSR count). The van der Waals surface area contributed by atoms with Gasteiger partial charge < -0.3 is 0 Å². The van der Waals surface area contributed by atoms with Crippen molar-refractivity contribution in [2.24, 2.45) is 17.8 Å². The summed E-state index contributed by atoms with van der Waals surface area (Å²) in [4.78, 5) is 11.6. The van der Waals surface area contributed by atoms with Gasteiger partial charge in [0.2, 0.25) is 0 Å². The van der Waals surface area contributed by atoms with Gasteiger partial charge in [0.25, 0.3) is 0 Å². The number of ketones is 1. The van der Waals surface area contributed by atoms with Crippen LogP contribution in [0.4, 0.5) is 0 Å². The van der Waals surface area contributed by atoms with Crippen molar-refractivity contribution in [2.45, 2.75) is 33.1 Å². The molecule has 0 saturated heterocycles. The molecule has 3 atom stereocenters. The number of hydrogen-bond donors (Lipinski definition) is 0. The first-order chi connectivity index (χ1) is 6.56. The Bertz CT molecular complexity index is 287. The summed E-state index contributed by atoms with van der Waals surface area (Å²) in [6.07, 6.45) is 2.07. The summed E-state index contributed by atoms with van der Waals surface area (Å²) in [6.45, 7) is 7.81. The minimum atomic E-state index is 0.0604. The summed E-state index contributed by atoms with van der Waals surface area (Å²) in [7, 11) is 0. The van der Waals surface area contributed by atoms with Gasteiger partial charge in [-0.1, -0.05) is 19.1 Å². The third-order valence-corrected chi connectivity index (χ3v) is 3.30. The Morgan fingerprint density at radius 2 is 2.36 bits per heavy atom. The number of allylic oxidation sites excluding steroid dienone is 1. The molecule has 76 valence electrons. The molecule has 0 aliphatic heterocycles. The van der Waals surface area contributed by atoms with Crippen molar-refractivity contribution in [1.82, 2.24) is 0 Å². The van der Waals surface area contributed by atoms with Gasteiger partial charge in [0, 0.05) is 18.8 Å². The lowest BCUT2D eigenvalue weighted by molar-refractivity contribution is -0.127. The van der Waals surface area contributed by atoms with Crippen LogP contribution in [0, 0.1) is 29.1 Å². The molecular formula is C12H17NO. The van der Waals surface area contributed by atoms with Crippen LogP contribution in [0.1, 0.15) is 33.1 Å². The van der Waals surface area contributed by atoms with E-state index in [-0.39, 0.29) is 11.8 Å². The fourth-order valence-corrected chi connectivity index (χ4v) is 2.10. The minimum absolute atomic E-state index is 0.0604. The first kappa shape index (κ1) is 11.0. The number of Topliss-reactive ketones (excluding diaryl/α,β-unsaturated/α-hetero) is 1. The van der Waals surface area contributed by atoms with E-state index in [0.717, 1.165) is 12.0 Å². The third-order valence-electron chi connectivity index (χ3n) is 3.30. The average molecular weight is 191 g/mol. The molecule has 1 fully saturated rings. The number of carbonyl (C=O) groups is 1. The lowest BCUT2D eigenvalue weighted by atomic mass is 9.71. The van der Waals surface area contributed by atoms with Crippen LogP contribution in [0.25, 0.3) is 0 Å². The maximum Gasteiger partial charge on any atom is 0.136 e. The van der Waals surface area contributed by atoms with Crippen LogP contribution in [-0.2, 0) is 4.79 Å². The van der Waals surface area contributed by atoms with Crippen molar-refractivity contribution in [2.75, 3.05) is 0 Å². The van der Waals surface area contributed by atoms with Gasteiger partial charge in [-0.3, -0.25) is 4.79 Å². The summed E-state index contributed by atoms with van der Waals surface area (Å²) in [6, 6.07) is 2.17. The summed E-state index contributed by atoms with van der Waals surface area (Å²) >= 11 is 0. The molecule has 0 amide bonds. The van der Waals surface area contributed by atoms with Crippen LogP contribution in [0.2, 0.25) is 0 Å². The van der Waals surface area contributed by atoms with Gasteiger partial charge in [0.05, 0.1) is 6.07 Å². The highest BCUT2D eigenvalue weighted by atomic mass is 16.1. The summed E-state index contributed by atoms with van der Waals surface area (Å²) < 4.78 is 0. The standard InChI is InChI=1S/C12H17NO/c1-8(2)11-6-10(4-5-13)9(3)12(14)7-11/h9-11H,1,4,6-7H2,2-3H3. The second kappa shape index (κ2) is 4.41. The fourth-order valence-electron chi connectivity index (χ4n) is 2.10. The Kier molecular flexibility index (Phi) is 3.46. The molecule has 0 bridgehead atoms. The molecule has 0 spiro atoms. The van der Waals surface area contributed by atoms with Gasteiger partial charge in [-0.05, 0) is 25.2 Å². The van der Waals surface area contributed by atoms with Gasteiger partial charge >= 0.3 is 0 Å². The van der Waals surface area contributed by atoms with Crippen molar-refractivity contribution in [3.63, 3.8) is 0 Å². The van der Waals surface area contributed by atoms with Gasteiger partial charge in [0.15, 0.2) is 0 Å². The van der Waals surface area contributed by atoms with Crippen LogP contribution >= 0.6 is 0 Å². The summed E-state index contributed by atoms with van der Waals surface area (Å²) in [5.74, 6) is 0.898. The molecule has 3 unspecified atom stereocenters. The van der Waals surface area contributed by atoms with Crippen molar-refractivity contribution in [3.05, 3.63) is 12.2 Å². The summed E-state index contributed by atoms with van der Waals surface area (Å²) in [5.41, 5.74) is 1.08. The topological polar surface area (TPSA) is 40.9 Å². The zero-order valence-electron chi connectivity index (χ0n) is 8.92. The number of nitriles is 1. The fraction of sp³-hybridized carbons (Fsp3) is 0.667. The molecule has 1 aliphatic carbocycles. The van der Waals surface area contributed by atoms with E-state index in [2.05, 4.69) is 12.6 Å². The van der Waals surface area contributed by atoms with Crippen LogP contribution in [-0.4, -0.2) is 5.78 Å². The van der Waals surface area contributed by atoms with Gasteiger partial charge in [-0.25, -0.2) is 0 Å². The van der Waals surface area contributed by atoms with E-state index in [4.69, 9.17) is 5.26 Å². The predicted octanol–water partition coefficient (Wildman–Crippen LogP) is 2.71. The molecule has 14 heavy (non-hydrogen) atoms. The van der Waals surface area contributed by atoms with Crippen molar-refractivity contribution in [1.29, 1.82) is 5.26 Å². The molecule has 0 aromatic rings. The smallest absolute Gasteiger partial charge is 0.136 e. The van der Waals surface area contributed by atoms with Crippen LogP contribution in [0.5, 0.6) is 0 Å². The molecular weight excluding hydrogens is 174 g/mol. The highest BCUT2D eigenvalue weighted by molar-refractivity contribution is 5.82. The monoisotopic (exact) mass is 191 g/mol. The van der Waals surface area contributed by atoms with E-state index in [1.165, 1.54) is 0 Å². The lowest BCUT2D eigenvalue weighted by Crippen LogP contribution is -2.31. The average Bonchev–Trinajstić information content (AvgIpc) is 2.12. The van der Waals surface area contributed by atoms with Crippen LogP contribution < -0.4 is 0 Å². The first-order valence-corrected chi connectivity index (χ1v) is 5.11. The van der Waals surface area contributed by atoms with Gasteiger partial charge in [0.1, 0.15) is 5.78 Å². The molecule has 0 aromatic heterocycles. The second-order valence-electron chi connectivity index (χ2n) is 4.36. The van der Waals surface area contributed by atoms with E-state index >= 15 is 0 Å². The molecule has 0 N–H and O–H groups in total. The zero-order valence-corrected chi connectivity index (χ0v) is 8.92. The number of nitrogens with zero attached hydrogens (tertiary/aromatic N) is 1. The van der Waals surface area contributed by atoms with E-state index in [0.29, 0.717) is 24.5 Å². The predicted molar refractivity (Wildman–Crippen MR) is 55.4 cm³/mol. The van der Waals surface area contributed by atoms with Crippen LogP contribution in [0.3, 0.4) is 0 Å². The Morgan fingerprint density at radius 3 is 2.86 bits per heavy atom. The van der Waals surface area contributed by atoms with Crippen molar-refractivity contribution < 1.29 is 4.79 Å². The van der Waals surface area contributed by atoms with E-state index in [1.54, 1.807) is 0 Å². The quantitative estimate of drug-likeness (QED) is 0.630. The molecule has 0 aromatic carbocycles. The SMILES string of the molecule is C=C(C)C1CC(=O)C(C)C(CC#N)C1. The first-order valence-electron chi connectivity index (χ1n) is 5.11. The lowest BCUT2D eigenvalue weighted by Gasteiger charge is -2.32. The molecule has 1 aliphatic rings. The third kappa shape index (κ3) is 2.23. The molecule has 2 heteroatoms. The zero-order chi connectivity index (χ0) is 10.7. The Labute approximate surface area is 85.6 Å². The van der Waals surface area contributed by atoms with Crippen molar-refractivity contribution >= 4 is 5.78 Å². The maximum absolute atomic E-state index is 11.6. The number of rotatable bonds is 2. The molecule has 1 saturated carbocycles. The molecule has 0 heterocycles. The summed E-state index contributed by atoms with van der Waals surface area (Å²) in [5, 5.41) is 8.66. The minimum Gasteiger partial charge on any atom is -0.299 e. The second-order valence-corrected chi connectivity index (χ2v) is 4.36. The molecule has 2 nitrogen and oxygen atoms in total. The van der Waals surface area contributed by atoms with E-state index < -0.39 is 0 Å². The molecule has 0 radical (unpaired) electrons.